The third kappa shape index (κ3) is 4.29. The van der Waals surface area contributed by atoms with E-state index in [1.807, 2.05) is 0 Å². The van der Waals surface area contributed by atoms with Crippen LogP contribution in [0.5, 0.6) is 0 Å². The van der Waals surface area contributed by atoms with Crippen molar-refractivity contribution >= 4 is 27.4 Å². The van der Waals surface area contributed by atoms with Crippen LogP contribution in [0.25, 0.3) is 0 Å². The SMILES string of the molecule is CC(OCCS(=O)(=O)c1ccc(Cl)cc1)C(=O)O. The maximum Gasteiger partial charge on any atom is 0.332 e. The molecule has 0 aromatic heterocycles. The molecular formula is C11H13ClO5S. The van der Waals surface area contributed by atoms with Crippen molar-refractivity contribution in [1.82, 2.24) is 0 Å². The Balaban J connectivity index is 2.60. The summed E-state index contributed by atoms with van der Waals surface area (Å²) < 4.78 is 28.5. The average molecular weight is 293 g/mol. The van der Waals surface area contributed by atoms with Gasteiger partial charge < -0.3 is 9.84 Å². The maximum atomic E-state index is 11.8. The molecule has 5 nitrogen and oxygen atoms in total. The largest absolute Gasteiger partial charge is 0.479 e. The summed E-state index contributed by atoms with van der Waals surface area (Å²) in [6, 6.07) is 5.76. The number of hydrogen-bond donors (Lipinski definition) is 1. The summed E-state index contributed by atoms with van der Waals surface area (Å²) in [5.41, 5.74) is 0. The lowest BCUT2D eigenvalue weighted by molar-refractivity contribution is -0.148. The first kappa shape index (κ1) is 14.9. The predicted molar refractivity (Wildman–Crippen MR) is 66.6 cm³/mol. The lowest BCUT2D eigenvalue weighted by Gasteiger charge is -2.08. The summed E-state index contributed by atoms with van der Waals surface area (Å²) in [4.78, 5) is 10.6. The van der Waals surface area contributed by atoms with Crippen LogP contribution in [0, 0.1) is 0 Å². The van der Waals surface area contributed by atoms with Crippen LogP contribution in [0.4, 0.5) is 0 Å². The number of hydrogen-bond acceptors (Lipinski definition) is 4. The second-order valence-corrected chi connectivity index (χ2v) is 6.17. The minimum atomic E-state index is -3.47. The van der Waals surface area contributed by atoms with E-state index >= 15 is 0 Å². The summed E-state index contributed by atoms with van der Waals surface area (Å²) in [7, 11) is -3.47. The van der Waals surface area contributed by atoms with Crippen molar-refractivity contribution < 1.29 is 23.1 Å². The van der Waals surface area contributed by atoms with Gasteiger partial charge in [-0.15, -0.1) is 0 Å². The lowest BCUT2D eigenvalue weighted by Crippen LogP contribution is -2.23. The van der Waals surface area contributed by atoms with E-state index in [0.717, 1.165) is 0 Å². The van der Waals surface area contributed by atoms with E-state index in [4.69, 9.17) is 21.4 Å². The van der Waals surface area contributed by atoms with Gasteiger partial charge in [0.2, 0.25) is 0 Å². The second kappa shape index (κ2) is 6.17. The van der Waals surface area contributed by atoms with Gasteiger partial charge in [-0.05, 0) is 31.2 Å². The molecule has 1 N–H and O–H groups in total. The molecule has 1 unspecified atom stereocenters. The van der Waals surface area contributed by atoms with Crippen LogP contribution in [0.2, 0.25) is 5.02 Å². The smallest absolute Gasteiger partial charge is 0.332 e. The molecule has 0 bridgehead atoms. The van der Waals surface area contributed by atoms with Gasteiger partial charge in [0.25, 0.3) is 0 Å². The van der Waals surface area contributed by atoms with Crippen LogP contribution in [-0.2, 0) is 19.4 Å². The Bertz CT molecular complexity index is 509. The molecule has 1 rings (SSSR count). The predicted octanol–water partition coefficient (Wildman–Crippen LogP) is 1.60. The van der Waals surface area contributed by atoms with Crippen molar-refractivity contribution in [3.05, 3.63) is 29.3 Å². The van der Waals surface area contributed by atoms with Gasteiger partial charge in [0.1, 0.15) is 0 Å². The van der Waals surface area contributed by atoms with E-state index in [2.05, 4.69) is 0 Å². The monoisotopic (exact) mass is 292 g/mol. The number of aliphatic carboxylic acids is 1. The molecule has 0 heterocycles. The first-order valence-corrected chi connectivity index (χ1v) is 7.18. The highest BCUT2D eigenvalue weighted by molar-refractivity contribution is 7.91. The summed E-state index contributed by atoms with van der Waals surface area (Å²) in [6.07, 6.45) is -1.02. The zero-order valence-corrected chi connectivity index (χ0v) is 11.2. The average Bonchev–Trinajstić information content (AvgIpc) is 2.29. The Morgan fingerprint density at radius 3 is 2.44 bits per heavy atom. The van der Waals surface area contributed by atoms with Crippen molar-refractivity contribution in [2.75, 3.05) is 12.4 Å². The molecule has 0 spiro atoms. The third-order valence-corrected chi connectivity index (χ3v) is 4.19. The summed E-state index contributed by atoms with van der Waals surface area (Å²) in [6.45, 7) is 1.18. The van der Waals surface area contributed by atoms with Crippen molar-refractivity contribution in [2.45, 2.75) is 17.9 Å². The first-order chi connectivity index (χ1) is 8.33. The van der Waals surface area contributed by atoms with Crippen LogP contribution in [0.15, 0.2) is 29.2 Å². The molecular weight excluding hydrogens is 280 g/mol. The number of rotatable bonds is 6. The van der Waals surface area contributed by atoms with E-state index in [9.17, 15) is 13.2 Å². The highest BCUT2D eigenvalue weighted by Crippen LogP contribution is 2.15. The van der Waals surface area contributed by atoms with Gasteiger partial charge in [-0.3, -0.25) is 0 Å². The summed E-state index contributed by atoms with van der Waals surface area (Å²) in [5, 5.41) is 9.02. The molecule has 18 heavy (non-hydrogen) atoms. The fraction of sp³-hybridized carbons (Fsp3) is 0.364. The molecule has 0 saturated carbocycles. The third-order valence-electron chi connectivity index (χ3n) is 2.24. The van der Waals surface area contributed by atoms with Crippen molar-refractivity contribution in [3.8, 4) is 0 Å². The molecule has 1 aromatic carbocycles. The molecule has 0 saturated heterocycles. The molecule has 100 valence electrons. The van der Waals surface area contributed by atoms with Crippen LogP contribution in [-0.4, -0.2) is 38.0 Å². The van der Waals surface area contributed by atoms with Crippen LogP contribution in [0.1, 0.15) is 6.92 Å². The normalized spacial score (nSPS) is 13.2. The number of benzene rings is 1. The Hall–Kier alpha value is -1.11. The van der Waals surface area contributed by atoms with E-state index in [-0.39, 0.29) is 17.3 Å². The van der Waals surface area contributed by atoms with Crippen molar-refractivity contribution in [1.29, 1.82) is 0 Å². The highest BCUT2D eigenvalue weighted by Gasteiger charge is 2.16. The van der Waals surface area contributed by atoms with Crippen LogP contribution >= 0.6 is 11.6 Å². The van der Waals surface area contributed by atoms with E-state index in [1.165, 1.54) is 31.2 Å². The standard InChI is InChI=1S/C11H13ClO5S/c1-8(11(13)14)17-6-7-18(15,16)10-4-2-9(12)3-5-10/h2-5,8H,6-7H2,1H3,(H,13,14). The Labute approximate surface area is 110 Å². The van der Waals surface area contributed by atoms with Gasteiger partial charge in [0, 0.05) is 5.02 Å². The van der Waals surface area contributed by atoms with E-state index in [1.54, 1.807) is 0 Å². The number of halogens is 1. The van der Waals surface area contributed by atoms with Gasteiger partial charge in [-0.2, -0.15) is 0 Å². The Morgan fingerprint density at radius 1 is 1.39 bits per heavy atom. The molecule has 1 atom stereocenters. The molecule has 0 aliphatic heterocycles. The fourth-order valence-electron chi connectivity index (χ4n) is 1.17. The van der Waals surface area contributed by atoms with Crippen molar-refractivity contribution in [3.63, 3.8) is 0 Å². The topological polar surface area (TPSA) is 80.7 Å². The molecule has 7 heteroatoms. The first-order valence-electron chi connectivity index (χ1n) is 5.15. The molecule has 0 fully saturated rings. The second-order valence-electron chi connectivity index (χ2n) is 3.62. The van der Waals surface area contributed by atoms with Crippen LogP contribution in [0.3, 0.4) is 0 Å². The minimum absolute atomic E-state index is 0.137. The highest BCUT2D eigenvalue weighted by atomic mass is 35.5. The van der Waals surface area contributed by atoms with Gasteiger partial charge in [0.05, 0.1) is 17.3 Å². The number of carboxylic acids is 1. The Morgan fingerprint density at radius 2 is 1.94 bits per heavy atom. The molecule has 0 aliphatic carbocycles. The van der Waals surface area contributed by atoms with Gasteiger partial charge >= 0.3 is 5.97 Å². The quantitative estimate of drug-likeness (QED) is 0.861. The van der Waals surface area contributed by atoms with Crippen molar-refractivity contribution in [2.24, 2.45) is 0 Å². The molecule has 1 aromatic rings. The van der Waals surface area contributed by atoms with Crippen LogP contribution < -0.4 is 0 Å². The van der Waals surface area contributed by atoms with Gasteiger partial charge in [-0.1, -0.05) is 11.6 Å². The van der Waals surface area contributed by atoms with Gasteiger partial charge in [0.15, 0.2) is 15.9 Å². The maximum absolute atomic E-state index is 11.8. The summed E-state index contributed by atoms with van der Waals surface area (Å²) >= 11 is 5.66. The molecule has 0 aliphatic rings. The van der Waals surface area contributed by atoms with Gasteiger partial charge in [-0.25, -0.2) is 13.2 Å². The molecule has 0 amide bonds. The zero-order valence-electron chi connectivity index (χ0n) is 9.67. The zero-order chi connectivity index (χ0) is 13.8. The number of ether oxygens (including phenoxy) is 1. The van der Waals surface area contributed by atoms with E-state index in [0.29, 0.717) is 5.02 Å². The Kier molecular flexibility index (Phi) is 5.13. The number of carbonyl (C=O) groups is 1. The number of sulfone groups is 1. The minimum Gasteiger partial charge on any atom is -0.479 e. The fourth-order valence-corrected chi connectivity index (χ4v) is 2.39. The summed E-state index contributed by atoms with van der Waals surface area (Å²) in [5.74, 6) is -1.40. The lowest BCUT2D eigenvalue weighted by atomic mass is 10.4. The number of carboxylic acid groups (broad SMARTS) is 1. The molecule has 0 radical (unpaired) electrons. The van der Waals surface area contributed by atoms with E-state index < -0.39 is 21.9 Å².